The Kier molecular flexibility index (Phi) is 7.10. The van der Waals surface area contributed by atoms with Gasteiger partial charge in [-0.1, -0.05) is 18.2 Å². The van der Waals surface area contributed by atoms with Crippen molar-refractivity contribution in [3.8, 4) is 5.75 Å². The van der Waals surface area contributed by atoms with Crippen LogP contribution in [0.2, 0.25) is 0 Å². The Balaban J connectivity index is 1.92. The summed E-state index contributed by atoms with van der Waals surface area (Å²) in [5.74, 6) is 0.621. The molecule has 6 nitrogen and oxygen atoms in total. The second-order valence-electron chi connectivity index (χ2n) is 6.27. The predicted molar refractivity (Wildman–Crippen MR) is 97.5 cm³/mol. The van der Waals surface area contributed by atoms with Gasteiger partial charge in [0.05, 0.1) is 13.0 Å². The van der Waals surface area contributed by atoms with Crippen molar-refractivity contribution in [1.29, 1.82) is 0 Å². The molecular weight excluding hydrogens is 318 g/mol. The second-order valence-corrected chi connectivity index (χ2v) is 6.27. The number of piperidine rings is 1. The Labute approximate surface area is 150 Å². The highest BCUT2D eigenvalue weighted by Crippen LogP contribution is 2.20. The van der Waals surface area contributed by atoms with Gasteiger partial charge in [-0.05, 0) is 32.8 Å². The highest BCUT2D eigenvalue weighted by Gasteiger charge is 2.29. The van der Waals surface area contributed by atoms with E-state index in [1.165, 1.54) is 0 Å². The summed E-state index contributed by atoms with van der Waals surface area (Å²) < 4.78 is 5.31. The molecule has 2 rings (SSSR count). The van der Waals surface area contributed by atoms with Crippen LogP contribution in [0.15, 0.2) is 24.3 Å². The molecule has 0 spiro atoms. The number of para-hydroxylation sites is 1. The van der Waals surface area contributed by atoms with Gasteiger partial charge < -0.3 is 19.9 Å². The second kappa shape index (κ2) is 9.30. The van der Waals surface area contributed by atoms with Crippen molar-refractivity contribution in [3.63, 3.8) is 0 Å². The number of ether oxygens (including phenoxy) is 1. The predicted octanol–water partition coefficient (Wildman–Crippen LogP) is 2.49. The summed E-state index contributed by atoms with van der Waals surface area (Å²) in [5, 5.41) is 2.99. The first-order valence-corrected chi connectivity index (χ1v) is 9.04. The van der Waals surface area contributed by atoms with Crippen molar-refractivity contribution in [2.75, 3.05) is 33.3 Å². The van der Waals surface area contributed by atoms with Crippen molar-refractivity contribution in [3.05, 3.63) is 29.8 Å². The molecule has 0 unspecified atom stereocenters. The molecule has 0 aromatic heterocycles. The van der Waals surface area contributed by atoms with Gasteiger partial charge in [0, 0.05) is 38.3 Å². The van der Waals surface area contributed by atoms with Gasteiger partial charge in [-0.25, -0.2) is 4.79 Å². The summed E-state index contributed by atoms with van der Waals surface area (Å²) in [6.45, 7) is 6.99. The van der Waals surface area contributed by atoms with E-state index in [9.17, 15) is 9.59 Å². The Morgan fingerprint density at radius 1 is 1.28 bits per heavy atom. The quantitative estimate of drug-likeness (QED) is 0.860. The van der Waals surface area contributed by atoms with Crippen LogP contribution in [-0.4, -0.2) is 55.0 Å². The highest BCUT2D eigenvalue weighted by atomic mass is 16.5. The van der Waals surface area contributed by atoms with Crippen LogP contribution in [0, 0.1) is 5.92 Å². The zero-order valence-corrected chi connectivity index (χ0v) is 15.5. The fourth-order valence-corrected chi connectivity index (χ4v) is 3.23. The maximum atomic E-state index is 12.5. The summed E-state index contributed by atoms with van der Waals surface area (Å²) >= 11 is 0. The SMILES string of the molecule is CCN(CC)C(=O)N1CCC[C@H](C(=O)NCc2ccccc2OC)C1. The fraction of sp³-hybridized carbons (Fsp3) is 0.579. The smallest absolute Gasteiger partial charge is 0.320 e. The number of rotatable bonds is 6. The summed E-state index contributed by atoms with van der Waals surface area (Å²) in [7, 11) is 1.62. The van der Waals surface area contributed by atoms with Crippen molar-refractivity contribution in [2.24, 2.45) is 5.92 Å². The zero-order valence-electron chi connectivity index (χ0n) is 15.5. The molecule has 1 N–H and O–H groups in total. The van der Waals surface area contributed by atoms with E-state index in [-0.39, 0.29) is 17.9 Å². The molecule has 1 saturated heterocycles. The Morgan fingerprint density at radius 2 is 2.00 bits per heavy atom. The maximum Gasteiger partial charge on any atom is 0.320 e. The summed E-state index contributed by atoms with van der Waals surface area (Å²) in [6.07, 6.45) is 1.68. The first-order chi connectivity index (χ1) is 12.1. The average molecular weight is 347 g/mol. The third kappa shape index (κ3) is 4.87. The molecule has 1 fully saturated rings. The summed E-state index contributed by atoms with van der Waals surface area (Å²) in [4.78, 5) is 28.6. The Hall–Kier alpha value is -2.24. The van der Waals surface area contributed by atoms with Crippen LogP contribution in [-0.2, 0) is 11.3 Å². The van der Waals surface area contributed by atoms with Gasteiger partial charge in [-0.3, -0.25) is 4.79 Å². The zero-order chi connectivity index (χ0) is 18.2. The van der Waals surface area contributed by atoms with E-state index >= 15 is 0 Å². The highest BCUT2D eigenvalue weighted by molar-refractivity contribution is 5.81. The van der Waals surface area contributed by atoms with Gasteiger partial charge in [0.25, 0.3) is 0 Å². The number of amides is 3. The van der Waals surface area contributed by atoms with Gasteiger partial charge in [0.15, 0.2) is 0 Å². The molecule has 1 aromatic rings. The topological polar surface area (TPSA) is 61.9 Å². The van der Waals surface area contributed by atoms with Crippen LogP contribution in [0.25, 0.3) is 0 Å². The minimum Gasteiger partial charge on any atom is -0.496 e. The van der Waals surface area contributed by atoms with Crippen molar-refractivity contribution >= 4 is 11.9 Å². The van der Waals surface area contributed by atoms with E-state index < -0.39 is 0 Å². The molecule has 0 aliphatic carbocycles. The molecule has 0 bridgehead atoms. The molecule has 1 aliphatic heterocycles. The summed E-state index contributed by atoms with van der Waals surface area (Å²) in [6, 6.07) is 7.69. The van der Waals surface area contributed by atoms with Crippen LogP contribution in [0.4, 0.5) is 4.79 Å². The lowest BCUT2D eigenvalue weighted by Crippen LogP contribution is -2.50. The molecule has 1 aromatic carbocycles. The first kappa shape index (κ1) is 19.1. The molecule has 3 amide bonds. The largest absolute Gasteiger partial charge is 0.496 e. The van der Waals surface area contributed by atoms with E-state index in [1.807, 2.05) is 43.0 Å². The van der Waals surface area contributed by atoms with Crippen LogP contribution < -0.4 is 10.1 Å². The van der Waals surface area contributed by atoms with Crippen molar-refractivity contribution in [1.82, 2.24) is 15.1 Å². The van der Waals surface area contributed by atoms with Crippen molar-refractivity contribution < 1.29 is 14.3 Å². The number of hydrogen-bond acceptors (Lipinski definition) is 3. The molecule has 6 heteroatoms. The number of urea groups is 1. The molecule has 0 saturated carbocycles. The maximum absolute atomic E-state index is 12.5. The minimum absolute atomic E-state index is 0.00273. The number of likely N-dealkylation sites (tertiary alicyclic amines) is 1. The van der Waals surface area contributed by atoms with Crippen LogP contribution >= 0.6 is 0 Å². The van der Waals surface area contributed by atoms with E-state index in [4.69, 9.17) is 4.74 Å². The third-order valence-electron chi connectivity index (χ3n) is 4.74. The lowest BCUT2D eigenvalue weighted by molar-refractivity contribution is -0.126. The van der Waals surface area contributed by atoms with E-state index in [0.717, 1.165) is 30.7 Å². The third-order valence-corrected chi connectivity index (χ3v) is 4.74. The molecule has 1 aliphatic rings. The molecule has 25 heavy (non-hydrogen) atoms. The number of benzene rings is 1. The van der Waals surface area contributed by atoms with Crippen LogP contribution in [0.3, 0.4) is 0 Å². The van der Waals surface area contributed by atoms with E-state index in [1.54, 1.807) is 12.0 Å². The number of carbonyl (C=O) groups excluding carboxylic acids is 2. The molecule has 0 radical (unpaired) electrons. The van der Waals surface area contributed by atoms with E-state index in [0.29, 0.717) is 26.2 Å². The van der Waals surface area contributed by atoms with Crippen LogP contribution in [0.1, 0.15) is 32.3 Å². The minimum atomic E-state index is -0.150. The molecule has 1 atom stereocenters. The van der Waals surface area contributed by atoms with Gasteiger partial charge in [-0.2, -0.15) is 0 Å². The number of methoxy groups -OCH3 is 1. The van der Waals surface area contributed by atoms with Gasteiger partial charge in [-0.15, -0.1) is 0 Å². The van der Waals surface area contributed by atoms with E-state index in [2.05, 4.69) is 5.32 Å². The monoisotopic (exact) mass is 347 g/mol. The number of nitrogens with zero attached hydrogens (tertiary/aromatic N) is 2. The Morgan fingerprint density at radius 3 is 2.68 bits per heavy atom. The number of nitrogens with one attached hydrogen (secondary N) is 1. The lowest BCUT2D eigenvalue weighted by atomic mass is 9.97. The first-order valence-electron chi connectivity index (χ1n) is 9.04. The number of hydrogen-bond donors (Lipinski definition) is 1. The van der Waals surface area contributed by atoms with Gasteiger partial charge in [0.1, 0.15) is 5.75 Å². The number of carbonyl (C=O) groups is 2. The van der Waals surface area contributed by atoms with Gasteiger partial charge in [0.2, 0.25) is 5.91 Å². The van der Waals surface area contributed by atoms with Gasteiger partial charge >= 0.3 is 6.03 Å². The molecular formula is C19H29N3O3. The average Bonchev–Trinajstić information content (AvgIpc) is 2.67. The van der Waals surface area contributed by atoms with Crippen molar-refractivity contribution in [2.45, 2.75) is 33.2 Å². The standard InChI is InChI=1S/C19H29N3O3/c1-4-21(5-2)19(24)22-12-8-10-16(14-22)18(23)20-13-15-9-6-7-11-17(15)25-3/h6-7,9,11,16H,4-5,8,10,12-14H2,1-3H3,(H,20,23)/t16-/m0/s1. The lowest BCUT2D eigenvalue weighted by Gasteiger charge is -2.35. The molecule has 1 heterocycles. The van der Waals surface area contributed by atoms with Crippen LogP contribution in [0.5, 0.6) is 5.75 Å². The normalized spacial score (nSPS) is 17.1. The fourth-order valence-electron chi connectivity index (χ4n) is 3.23. The molecule has 138 valence electrons. The Bertz CT molecular complexity index is 587. The summed E-state index contributed by atoms with van der Waals surface area (Å²) in [5.41, 5.74) is 0.949.